The fraction of sp³-hybridized carbons (Fsp3) is 0.250. The number of hydrazone groups is 1. The third-order valence-electron chi connectivity index (χ3n) is 2.97. The molecular formula is C16H17IN4O4. The molecule has 0 saturated carbocycles. The standard InChI is InChI=1S/C16H17IN4O4/c1-10(2)25-15-12(17)7-11(8-14(15)24-3)9-19-20-16-13(21(22)23)5-4-6-18-16/h4-10H,1-3H3,(H,18,20)/b19-9-. The SMILES string of the molecule is COc1cc(/C=N\Nc2ncccc2[N+](=O)[O-])cc(I)c1OC(C)C. The van der Waals surface area contributed by atoms with Crippen LogP contribution in [0.3, 0.4) is 0 Å². The Kier molecular flexibility index (Phi) is 6.51. The number of nitro groups is 1. The molecule has 9 heteroatoms. The zero-order valence-electron chi connectivity index (χ0n) is 13.9. The number of hydrogen-bond acceptors (Lipinski definition) is 7. The first-order valence-corrected chi connectivity index (χ1v) is 8.43. The molecule has 0 unspecified atom stereocenters. The van der Waals surface area contributed by atoms with E-state index in [1.54, 1.807) is 13.2 Å². The predicted octanol–water partition coefficient (Wildman–Crippen LogP) is 3.84. The molecule has 8 nitrogen and oxygen atoms in total. The van der Waals surface area contributed by atoms with Gasteiger partial charge in [-0.2, -0.15) is 5.10 Å². The smallest absolute Gasteiger partial charge is 0.313 e. The van der Waals surface area contributed by atoms with Gasteiger partial charge in [0.15, 0.2) is 11.5 Å². The molecule has 0 aliphatic carbocycles. The van der Waals surface area contributed by atoms with Crippen LogP contribution in [0.25, 0.3) is 0 Å². The largest absolute Gasteiger partial charge is 0.493 e. The molecule has 0 fully saturated rings. The maximum atomic E-state index is 11.0. The molecule has 0 atom stereocenters. The van der Waals surface area contributed by atoms with Gasteiger partial charge in [0.05, 0.1) is 27.9 Å². The van der Waals surface area contributed by atoms with Gasteiger partial charge in [-0.3, -0.25) is 15.5 Å². The van der Waals surface area contributed by atoms with Crippen molar-refractivity contribution in [2.75, 3.05) is 12.5 Å². The van der Waals surface area contributed by atoms with Crippen molar-refractivity contribution in [2.45, 2.75) is 20.0 Å². The van der Waals surface area contributed by atoms with E-state index in [1.807, 2.05) is 19.9 Å². The van der Waals surface area contributed by atoms with Crippen molar-refractivity contribution < 1.29 is 14.4 Å². The van der Waals surface area contributed by atoms with E-state index in [0.29, 0.717) is 11.5 Å². The van der Waals surface area contributed by atoms with Gasteiger partial charge in [-0.1, -0.05) is 0 Å². The minimum Gasteiger partial charge on any atom is -0.493 e. The zero-order chi connectivity index (χ0) is 18.4. The fourth-order valence-corrected chi connectivity index (χ4v) is 2.72. The van der Waals surface area contributed by atoms with Crippen molar-refractivity contribution >= 4 is 40.3 Å². The highest BCUT2D eigenvalue weighted by atomic mass is 127. The average molecular weight is 456 g/mol. The summed E-state index contributed by atoms with van der Waals surface area (Å²) in [6.45, 7) is 3.88. The molecule has 1 aromatic carbocycles. The van der Waals surface area contributed by atoms with Crippen molar-refractivity contribution in [3.8, 4) is 11.5 Å². The lowest BCUT2D eigenvalue weighted by molar-refractivity contribution is -0.384. The second kappa shape index (κ2) is 8.60. The van der Waals surface area contributed by atoms with Crippen LogP contribution >= 0.6 is 22.6 Å². The molecule has 132 valence electrons. The summed E-state index contributed by atoms with van der Waals surface area (Å²) in [4.78, 5) is 14.3. The number of nitrogens with one attached hydrogen (secondary N) is 1. The average Bonchev–Trinajstić information content (AvgIpc) is 2.57. The van der Waals surface area contributed by atoms with Gasteiger partial charge in [-0.05, 0) is 60.2 Å². The molecule has 2 aromatic rings. The normalized spacial score (nSPS) is 10.9. The molecule has 0 radical (unpaired) electrons. The van der Waals surface area contributed by atoms with Crippen molar-refractivity contribution in [3.63, 3.8) is 0 Å². The molecule has 0 aliphatic rings. The molecular weight excluding hydrogens is 439 g/mol. The first kappa shape index (κ1) is 18.9. The van der Waals surface area contributed by atoms with Crippen molar-refractivity contribution in [1.82, 2.24) is 4.98 Å². The number of benzene rings is 1. The first-order chi connectivity index (χ1) is 11.9. The zero-order valence-corrected chi connectivity index (χ0v) is 16.1. The number of methoxy groups -OCH3 is 1. The van der Waals surface area contributed by atoms with Crippen molar-refractivity contribution in [3.05, 3.63) is 49.7 Å². The van der Waals surface area contributed by atoms with Crippen LogP contribution in [-0.2, 0) is 0 Å². The Balaban J connectivity index is 2.22. The molecule has 1 N–H and O–H groups in total. The minimum absolute atomic E-state index is 0.0216. The van der Waals surface area contributed by atoms with Crippen LogP contribution in [-0.4, -0.2) is 29.3 Å². The number of nitrogens with zero attached hydrogens (tertiary/aromatic N) is 3. The minimum atomic E-state index is -0.519. The van der Waals surface area contributed by atoms with Crippen molar-refractivity contribution in [2.24, 2.45) is 5.10 Å². The van der Waals surface area contributed by atoms with Crippen LogP contribution in [0.15, 0.2) is 35.6 Å². The Labute approximate surface area is 158 Å². The molecule has 2 rings (SSSR count). The van der Waals surface area contributed by atoms with Crippen LogP contribution in [0.1, 0.15) is 19.4 Å². The summed E-state index contributed by atoms with van der Waals surface area (Å²) < 4.78 is 12.0. The first-order valence-electron chi connectivity index (χ1n) is 7.35. The van der Waals surface area contributed by atoms with Gasteiger partial charge < -0.3 is 9.47 Å². The van der Waals surface area contributed by atoms with Gasteiger partial charge in [-0.25, -0.2) is 4.98 Å². The van der Waals surface area contributed by atoms with E-state index < -0.39 is 4.92 Å². The van der Waals surface area contributed by atoms with Crippen molar-refractivity contribution in [1.29, 1.82) is 0 Å². The van der Waals surface area contributed by atoms with Crippen LogP contribution in [0.5, 0.6) is 11.5 Å². The van der Waals surface area contributed by atoms with Gasteiger partial charge in [-0.15, -0.1) is 0 Å². The summed E-state index contributed by atoms with van der Waals surface area (Å²) in [6, 6.07) is 6.50. The van der Waals surface area contributed by atoms with Gasteiger partial charge in [0.1, 0.15) is 0 Å². The lowest BCUT2D eigenvalue weighted by Crippen LogP contribution is -2.08. The maximum Gasteiger partial charge on any atom is 0.313 e. The molecule has 1 aromatic heterocycles. The van der Waals surface area contributed by atoms with Gasteiger partial charge >= 0.3 is 5.69 Å². The van der Waals surface area contributed by atoms with Crippen LogP contribution in [0, 0.1) is 13.7 Å². The summed E-state index contributed by atoms with van der Waals surface area (Å²) >= 11 is 2.16. The number of pyridine rings is 1. The quantitative estimate of drug-likeness (QED) is 0.294. The van der Waals surface area contributed by atoms with Crippen LogP contribution in [0.4, 0.5) is 11.5 Å². The number of ether oxygens (including phenoxy) is 2. The molecule has 0 bridgehead atoms. The lowest BCUT2D eigenvalue weighted by atomic mass is 10.2. The summed E-state index contributed by atoms with van der Waals surface area (Å²) in [5, 5.41) is 15.0. The molecule has 0 spiro atoms. The van der Waals surface area contributed by atoms with E-state index in [9.17, 15) is 10.1 Å². The molecule has 25 heavy (non-hydrogen) atoms. The van der Waals surface area contributed by atoms with E-state index in [2.05, 4.69) is 38.1 Å². The Bertz CT molecular complexity index is 796. The molecule has 1 heterocycles. The Hall–Kier alpha value is -2.43. The second-order valence-corrected chi connectivity index (χ2v) is 6.36. The Morgan fingerprint density at radius 2 is 2.20 bits per heavy atom. The summed E-state index contributed by atoms with van der Waals surface area (Å²) in [5.74, 6) is 1.33. The number of rotatable bonds is 7. The van der Waals surface area contributed by atoms with Gasteiger partial charge in [0.25, 0.3) is 0 Å². The highest BCUT2D eigenvalue weighted by Gasteiger charge is 2.14. The van der Waals surface area contributed by atoms with E-state index in [0.717, 1.165) is 9.13 Å². The highest BCUT2D eigenvalue weighted by Crippen LogP contribution is 2.34. The van der Waals surface area contributed by atoms with Gasteiger partial charge in [0.2, 0.25) is 5.82 Å². The third kappa shape index (κ3) is 5.02. The van der Waals surface area contributed by atoms with E-state index in [4.69, 9.17) is 9.47 Å². The monoisotopic (exact) mass is 456 g/mol. The number of halogens is 1. The summed E-state index contributed by atoms with van der Waals surface area (Å²) in [7, 11) is 1.56. The van der Waals surface area contributed by atoms with E-state index in [-0.39, 0.29) is 17.6 Å². The maximum absolute atomic E-state index is 11.0. The second-order valence-electron chi connectivity index (χ2n) is 5.20. The third-order valence-corrected chi connectivity index (χ3v) is 3.77. The lowest BCUT2D eigenvalue weighted by Gasteiger charge is -2.15. The summed E-state index contributed by atoms with van der Waals surface area (Å²) in [6.07, 6.45) is 3.00. The van der Waals surface area contributed by atoms with Crippen LogP contribution in [0.2, 0.25) is 0 Å². The van der Waals surface area contributed by atoms with E-state index in [1.165, 1.54) is 24.5 Å². The van der Waals surface area contributed by atoms with Gasteiger partial charge in [0, 0.05) is 12.3 Å². The molecule has 0 aliphatic heterocycles. The Morgan fingerprint density at radius 3 is 2.84 bits per heavy atom. The Morgan fingerprint density at radius 1 is 1.44 bits per heavy atom. The predicted molar refractivity (Wildman–Crippen MR) is 104 cm³/mol. The molecule has 0 amide bonds. The topological polar surface area (TPSA) is 98.9 Å². The number of aromatic nitrogens is 1. The van der Waals surface area contributed by atoms with E-state index >= 15 is 0 Å². The van der Waals surface area contributed by atoms with Crippen LogP contribution < -0.4 is 14.9 Å². The fourth-order valence-electron chi connectivity index (χ4n) is 1.96. The molecule has 0 saturated heterocycles. The number of hydrogen-bond donors (Lipinski definition) is 1. The number of anilines is 1. The highest BCUT2D eigenvalue weighted by molar-refractivity contribution is 14.1. The summed E-state index contributed by atoms with van der Waals surface area (Å²) in [5.41, 5.74) is 3.20.